The summed E-state index contributed by atoms with van der Waals surface area (Å²) in [6.45, 7) is 14.6. The van der Waals surface area contributed by atoms with Gasteiger partial charge < -0.3 is 14.5 Å². The Kier molecular flexibility index (Phi) is 8.20. The number of ether oxygens (including phenoxy) is 1. The molecule has 4 aromatic rings. The predicted octanol–water partition coefficient (Wildman–Crippen LogP) is 7.54. The van der Waals surface area contributed by atoms with Gasteiger partial charge in [0.15, 0.2) is 5.82 Å². The van der Waals surface area contributed by atoms with Crippen molar-refractivity contribution in [3.63, 3.8) is 0 Å². The predicted molar refractivity (Wildman–Crippen MR) is 166 cm³/mol. The van der Waals surface area contributed by atoms with Crippen LogP contribution in [-0.4, -0.2) is 48.2 Å². The summed E-state index contributed by atoms with van der Waals surface area (Å²) in [5.74, 6) is -0.742. The number of carbonyl (C=O) groups is 1. The molecule has 1 amide bonds. The molecule has 1 aromatic heterocycles. The number of piperazine rings is 1. The minimum absolute atomic E-state index is 0.0239. The molecule has 42 heavy (non-hydrogen) atoms. The van der Waals surface area contributed by atoms with E-state index < -0.39 is 11.4 Å². The van der Waals surface area contributed by atoms with Gasteiger partial charge in [-0.25, -0.2) is 9.24 Å². The molecule has 3 aromatic carbocycles. The normalized spacial score (nSPS) is 15.0. The quantitative estimate of drug-likeness (QED) is 0.170. The van der Waals surface area contributed by atoms with Crippen LogP contribution in [0, 0.1) is 12.4 Å². The zero-order valence-corrected chi connectivity index (χ0v) is 24.9. The third-order valence-electron chi connectivity index (χ3n) is 7.36. The van der Waals surface area contributed by atoms with Gasteiger partial charge in [-0.05, 0) is 49.4 Å². The Balaban J connectivity index is 1.88. The number of anilines is 1. The van der Waals surface area contributed by atoms with Crippen molar-refractivity contribution in [2.24, 2.45) is 0 Å². The van der Waals surface area contributed by atoms with E-state index in [0.29, 0.717) is 41.9 Å². The zero-order valence-electron chi connectivity index (χ0n) is 22.6. The number of fused-ring (bicyclic) bond motifs is 1. The highest BCUT2D eigenvalue weighted by Gasteiger charge is 2.32. The minimum Gasteiger partial charge on any atom is -0.496 e. The Hall–Kier alpha value is -4.03. The van der Waals surface area contributed by atoms with Crippen molar-refractivity contribution in [2.45, 2.75) is 13.0 Å². The Morgan fingerprint density at radius 2 is 1.86 bits per heavy atom. The van der Waals surface area contributed by atoms with E-state index in [-0.39, 0.29) is 49.6 Å². The summed E-state index contributed by atoms with van der Waals surface area (Å²) in [6, 6.07) is 12.6. The molecule has 0 N–H and O–H groups in total. The molecule has 0 spiro atoms. The number of halogens is 4. The first-order valence-electron chi connectivity index (χ1n) is 12.9. The fourth-order valence-corrected chi connectivity index (χ4v) is 6.04. The van der Waals surface area contributed by atoms with E-state index >= 15 is 4.39 Å². The van der Waals surface area contributed by atoms with Crippen LogP contribution in [0.25, 0.3) is 32.6 Å². The fraction of sp³-hybridized carbons (Fsp3) is 0.194. The molecule has 214 valence electrons. The molecule has 1 fully saturated rings. The van der Waals surface area contributed by atoms with E-state index in [2.05, 4.69) is 11.4 Å². The maximum atomic E-state index is 15.5. The number of nitrogens with zero attached hydrogens (tertiary/aromatic N) is 4. The summed E-state index contributed by atoms with van der Waals surface area (Å²) in [5.41, 5.74) is 0.573. The van der Waals surface area contributed by atoms with Crippen molar-refractivity contribution in [3.05, 3.63) is 104 Å². The third kappa shape index (κ3) is 4.88. The smallest absolute Gasteiger partial charge is 0.274 e. The SMILES string of the molecule is [C-]#[N+]c1c(N2CCN(C(=O)C=C)C[C@@H]2C)c2cc(Cl)c(-c3c(OC)ccc(Cl)c3F)cc2n(-c2ccccc2Cl)c1=O. The standard InChI is InChI=1S/C31H24Cl3FN4O3/c1-5-26(40)37-12-13-38(17(2)16-37)30-19-14-22(34)18(27-25(42-4)11-10-21(33)28(27)35)15-24(19)39(31(41)29(30)36-3)23-9-7-6-8-20(23)32/h5-11,14-15,17H,1,12-13,16H2,2,4H3/t17-/m0/s1. The summed E-state index contributed by atoms with van der Waals surface area (Å²) in [6.07, 6.45) is 1.26. The second kappa shape index (κ2) is 11.7. The number of amides is 1. The van der Waals surface area contributed by atoms with Crippen LogP contribution in [-0.2, 0) is 4.79 Å². The van der Waals surface area contributed by atoms with Crippen LogP contribution in [0.1, 0.15) is 6.92 Å². The molecule has 11 heteroatoms. The van der Waals surface area contributed by atoms with Crippen molar-refractivity contribution in [1.82, 2.24) is 9.47 Å². The van der Waals surface area contributed by atoms with Gasteiger partial charge in [-0.3, -0.25) is 14.2 Å². The summed E-state index contributed by atoms with van der Waals surface area (Å²) in [5, 5.41) is 0.774. The van der Waals surface area contributed by atoms with E-state index in [0.717, 1.165) is 0 Å². The van der Waals surface area contributed by atoms with E-state index in [4.69, 9.17) is 46.1 Å². The van der Waals surface area contributed by atoms with Crippen LogP contribution < -0.4 is 15.2 Å². The molecule has 1 atom stereocenters. The van der Waals surface area contributed by atoms with Crippen LogP contribution in [0.3, 0.4) is 0 Å². The molecule has 7 nitrogen and oxygen atoms in total. The number of methoxy groups -OCH3 is 1. The number of para-hydroxylation sites is 1. The first-order chi connectivity index (χ1) is 20.1. The monoisotopic (exact) mass is 624 g/mol. The first-order valence-corrected chi connectivity index (χ1v) is 14.0. The van der Waals surface area contributed by atoms with Gasteiger partial charge in [0.25, 0.3) is 11.2 Å². The van der Waals surface area contributed by atoms with Crippen LogP contribution in [0.2, 0.25) is 15.1 Å². The van der Waals surface area contributed by atoms with Crippen LogP contribution in [0.4, 0.5) is 15.8 Å². The second-order valence-electron chi connectivity index (χ2n) is 9.72. The van der Waals surface area contributed by atoms with Crippen LogP contribution in [0.5, 0.6) is 5.75 Å². The number of benzene rings is 3. The van der Waals surface area contributed by atoms with Gasteiger partial charge in [-0.2, -0.15) is 0 Å². The second-order valence-corrected chi connectivity index (χ2v) is 10.9. The molecular formula is C31H24Cl3FN4O3. The summed E-state index contributed by atoms with van der Waals surface area (Å²) < 4.78 is 22.3. The highest BCUT2D eigenvalue weighted by molar-refractivity contribution is 6.35. The van der Waals surface area contributed by atoms with E-state index in [1.807, 2.05) is 11.8 Å². The molecule has 0 aliphatic carbocycles. The third-order valence-corrected chi connectivity index (χ3v) is 8.29. The maximum Gasteiger partial charge on any atom is 0.274 e. The maximum absolute atomic E-state index is 15.5. The minimum atomic E-state index is -0.737. The van der Waals surface area contributed by atoms with Crippen molar-refractivity contribution < 1.29 is 13.9 Å². The molecule has 0 radical (unpaired) electrons. The Labute approximate surface area is 256 Å². The van der Waals surface area contributed by atoms with Crippen molar-refractivity contribution in [2.75, 3.05) is 31.6 Å². The first kappa shape index (κ1) is 29.5. The number of hydrogen-bond acceptors (Lipinski definition) is 4. The summed E-state index contributed by atoms with van der Waals surface area (Å²) in [4.78, 5) is 33.7. The molecular weight excluding hydrogens is 602 g/mol. The highest BCUT2D eigenvalue weighted by Crippen LogP contribution is 2.45. The Morgan fingerprint density at radius 1 is 1.12 bits per heavy atom. The van der Waals surface area contributed by atoms with Crippen molar-refractivity contribution in [3.8, 4) is 22.6 Å². The molecule has 1 saturated heterocycles. The van der Waals surface area contributed by atoms with Gasteiger partial charge >= 0.3 is 0 Å². The van der Waals surface area contributed by atoms with Gasteiger partial charge in [-0.1, -0.05) is 53.5 Å². The highest BCUT2D eigenvalue weighted by atomic mass is 35.5. The average molecular weight is 626 g/mol. The van der Waals surface area contributed by atoms with E-state index in [1.165, 1.54) is 29.9 Å². The molecule has 1 aliphatic rings. The zero-order chi connectivity index (χ0) is 30.3. The molecule has 0 unspecified atom stereocenters. The summed E-state index contributed by atoms with van der Waals surface area (Å²) in [7, 11) is 1.40. The van der Waals surface area contributed by atoms with E-state index in [9.17, 15) is 9.59 Å². The summed E-state index contributed by atoms with van der Waals surface area (Å²) >= 11 is 19.6. The van der Waals surface area contributed by atoms with Crippen molar-refractivity contribution >= 4 is 63.0 Å². The van der Waals surface area contributed by atoms with Gasteiger partial charge in [-0.15, -0.1) is 0 Å². The number of pyridine rings is 1. The topological polar surface area (TPSA) is 59.1 Å². The largest absolute Gasteiger partial charge is 0.496 e. The number of carbonyl (C=O) groups excluding carboxylic acids is 1. The lowest BCUT2D eigenvalue weighted by atomic mass is 9.99. The Morgan fingerprint density at radius 3 is 2.50 bits per heavy atom. The Bertz CT molecular complexity index is 1870. The lowest BCUT2D eigenvalue weighted by Gasteiger charge is -2.42. The molecule has 0 bridgehead atoms. The van der Waals surface area contributed by atoms with Gasteiger partial charge in [0.05, 0.1) is 46.2 Å². The van der Waals surface area contributed by atoms with Gasteiger partial charge in [0.1, 0.15) is 5.75 Å². The van der Waals surface area contributed by atoms with E-state index in [1.54, 1.807) is 41.3 Å². The molecule has 0 saturated carbocycles. The number of hydrogen-bond donors (Lipinski definition) is 0. The average Bonchev–Trinajstić information content (AvgIpc) is 2.98. The lowest BCUT2D eigenvalue weighted by Crippen LogP contribution is -2.53. The molecule has 2 heterocycles. The lowest BCUT2D eigenvalue weighted by molar-refractivity contribution is -0.126. The van der Waals surface area contributed by atoms with Crippen LogP contribution in [0.15, 0.2) is 66.0 Å². The molecule has 1 aliphatic heterocycles. The van der Waals surface area contributed by atoms with Gasteiger partial charge in [0, 0.05) is 41.6 Å². The van der Waals surface area contributed by atoms with Crippen molar-refractivity contribution in [1.29, 1.82) is 0 Å². The number of rotatable bonds is 5. The van der Waals surface area contributed by atoms with Gasteiger partial charge in [0.2, 0.25) is 5.91 Å². The molecule has 5 rings (SSSR count). The fourth-order valence-electron chi connectivity index (χ4n) is 5.41. The van der Waals surface area contributed by atoms with Crippen LogP contribution >= 0.6 is 34.8 Å². The number of aromatic nitrogens is 1.